The average molecular weight is 389 g/mol. The van der Waals surface area contributed by atoms with Gasteiger partial charge in [0.25, 0.3) is 0 Å². The van der Waals surface area contributed by atoms with Crippen molar-refractivity contribution in [3.63, 3.8) is 0 Å². The van der Waals surface area contributed by atoms with Gasteiger partial charge in [-0.3, -0.25) is 21.8 Å². The number of aromatic nitrogens is 3. The van der Waals surface area contributed by atoms with Crippen LogP contribution in [0.4, 0.5) is 0 Å². The van der Waals surface area contributed by atoms with E-state index in [4.69, 9.17) is 29.6 Å². The third kappa shape index (κ3) is 15.1. The van der Waals surface area contributed by atoms with Crippen molar-refractivity contribution in [2.75, 3.05) is 21.3 Å². The lowest BCUT2D eigenvalue weighted by atomic mass is 10.3. The summed E-state index contributed by atoms with van der Waals surface area (Å²) in [7, 11) is 1.96. The van der Waals surface area contributed by atoms with E-state index in [-0.39, 0.29) is 0 Å². The van der Waals surface area contributed by atoms with Crippen LogP contribution in [0, 0.1) is 0 Å². The van der Waals surface area contributed by atoms with Gasteiger partial charge in [-0.05, 0) is 0 Å². The number of nitrogens with zero attached hydrogens (tertiary/aromatic N) is 3. The molecule has 3 aromatic rings. The van der Waals surface area contributed by atoms with Crippen molar-refractivity contribution in [2.45, 2.75) is 0 Å². The molecule has 0 fully saturated rings. The van der Waals surface area contributed by atoms with Gasteiger partial charge in [-0.15, -0.1) is 0 Å². The van der Waals surface area contributed by atoms with Gasteiger partial charge in [-0.25, -0.2) is 0 Å². The molecule has 0 radical (unpaired) electrons. The van der Waals surface area contributed by atoms with Crippen LogP contribution in [-0.2, 0) is 0 Å². The molecule has 3 heterocycles. The molecule has 0 amide bonds. The SMILES string of the molecule is CO[n+]1ccccc1.CO[n+]1ccccc1.CO[n+]1ccccc1.[O-]B([O-])[O-]. The normalized spacial score (nSPS) is 8.36. The van der Waals surface area contributed by atoms with Crippen LogP contribution in [0.3, 0.4) is 0 Å². The van der Waals surface area contributed by atoms with Crippen molar-refractivity contribution in [1.82, 2.24) is 0 Å². The summed E-state index contributed by atoms with van der Waals surface area (Å²) >= 11 is 0. The number of rotatable bonds is 3. The second-order valence-electron chi connectivity index (χ2n) is 4.54. The molecule has 9 nitrogen and oxygen atoms in total. The Bertz CT molecular complexity index is 597. The second kappa shape index (κ2) is 17.2. The molecule has 0 aliphatic carbocycles. The van der Waals surface area contributed by atoms with Crippen molar-refractivity contribution in [2.24, 2.45) is 0 Å². The third-order valence-corrected chi connectivity index (χ3v) is 2.70. The summed E-state index contributed by atoms with van der Waals surface area (Å²) in [5.41, 5.74) is 0. The molecule has 0 spiro atoms. The van der Waals surface area contributed by atoms with Crippen LogP contribution in [0.25, 0.3) is 0 Å². The first-order valence-electron chi connectivity index (χ1n) is 8.03. The molecule has 10 heteroatoms. The van der Waals surface area contributed by atoms with E-state index in [9.17, 15) is 0 Å². The Morgan fingerprint density at radius 1 is 0.464 bits per heavy atom. The van der Waals surface area contributed by atoms with E-state index >= 15 is 0 Å². The second-order valence-corrected chi connectivity index (χ2v) is 4.54. The number of pyridine rings is 3. The molecule has 0 bridgehead atoms. The average Bonchev–Trinajstić information content (AvgIpc) is 2.76. The maximum Gasteiger partial charge on any atom is 0.222 e. The van der Waals surface area contributed by atoms with Crippen LogP contribution in [0.1, 0.15) is 0 Å². The molecule has 0 atom stereocenters. The van der Waals surface area contributed by atoms with Gasteiger partial charge in [-0.2, -0.15) is 0 Å². The predicted molar refractivity (Wildman–Crippen MR) is 93.2 cm³/mol. The standard InChI is InChI=1S/3C6H8NO.BO3/c3*1-8-7-5-3-2-4-6-7;2-1(3)4/h3*2-6H,1H3;/q3*+1;-3. The van der Waals surface area contributed by atoms with Crippen LogP contribution in [0.5, 0.6) is 0 Å². The highest BCUT2D eigenvalue weighted by atomic mass is 16.6. The molecule has 28 heavy (non-hydrogen) atoms. The Hall–Kier alpha value is -3.21. The minimum absolute atomic E-state index is 1.62. The van der Waals surface area contributed by atoms with E-state index in [1.54, 1.807) is 35.5 Å². The van der Waals surface area contributed by atoms with E-state index < -0.39 is 7.32 Å². The summed E-state index contributed by atoms with van der Waals surface area (Å²) in [6.07, 6.45) is 11.0. The molecule has 0 saturated heterocycles. The molecule has 0 aromatic carbocycles. The summed E-state index contributed by atoms with van der Waals surface area (Å²) in [5, 5.41) is 25.2. The monoisotopic (exact) mass is 389 g/mol. The van der Waals surface area contributed by atoms with Crippen molar-refractivity contribution in [3.8, 4) is 0 Å². The Labute approximate surface area is 164 Å². The fourth-order valence-corrected chi connectivity index (χ4v) is 1.51. The van der Waals surface area contributed by atoms with E-state index in [1.807, 2.05) is 91.8 Å². The van der Waals surface area contributed by atoms with Crippen LogP contribution in [-0.4, -0.2) is 28.7 Å². The Kier molecular flexibility index (Phi) is 15.2. The summed E-state index contributed by atoms with van der Waals surface area (Å²) in [6.45, 7) is 0. The minimum atomic E-state index is -2.92. The van der Waals surface area contributed by atoms with E-state index in [0.717, 1.165) is 0 Å². The molecule has 0 unspecified atom stereocenters. The van der Waals surface area contributed by atoms with Crippen LogP contribution < -0.4 is 43.8 Å². The topological polar surface area (TPSA) is 109 Å². The Balaban J connectivity index is 0.000000358. The number of hydrogen-bond acceptors (Lipinski definition) is 6. The highest BCUT2D eigenvalue weighted by Crippen LogP contribution is 1.73. The van der Waals surface area contributed by atoms with Gasteiger partial charge in [-0.1, -0.05) is 18.2 Å². The molecule has 0 saturated carbocycles. The van der Waals surface area contributed by atoms with Gasteiger partial charge in [0.05, 0.1) is 0 Å². The van der Waals surface area contributed by atoms with Crippen molar-refractivity contribution < 1.29 is 43.8 Å². The van der Waals surface area contributed by atoms with Crippen LogP contribution >= 0.6 is 0 Å². The summed E-state index contributed by atoms with van der Waals surface area (Å²) in [4.78, 5) is 14.5. The summed E-state index contributed by atoms with van der Waals surface area (Å²) < 4.78 is 4.88. The maximum absolute atomic E-state index is 8.42. The zero-order chi connectivity index (χ0) is 21.0. The van der Waals surface area contributed by atoms with Gasteiger partial charge in [0, 0.05) is 50.6 Å². The molecule has 3 rings (SSSR count). The minimum Gasteiger partial charge on any atom is -0.907 e. The van der Waals surface area contributed by atoms with Crippen LogP contribution in [0.15, 0.2) is 91.8 Å². The Morgan fingerprint density at radius 2 is 0.643 bits per heavy atom. The molecule has 0 aliphatic heterocycles. The molecule has 0 aliphatic rings. The van der Waals surface area contributed by atoms with Crippen molar-refractivity contribution in [3.05, 3.63) is 91.8 Å². The van der Waals surface area contributed by atoms with E-state index in [2.05, 4.69) is 0 Å². The lowest BCUT2D eigenvalue weighted by Crippen LogP contribution is -2.56. The van der Waals surface area contributed by atoms with E-state index in [0.29, 0.717) is 0 Å². The van der Waals surface area contributed by atoms with Crippen molar-refractivity contribution in [1.29, 1.82) is 0 Å². The summed E-state index contributed by atoms with van der Waals surface area (Å²) in [6, 6.07) is 17.3. The number of hydrogen-bond donors (Lipinski definition) is 0. The lowest BCUT2D eigenvalue weighted by Gasteiger charge is -2.35. The van der Waals surface area contributed by atoms with Gasteiger partial charge < -0.3 is 15.1 Å². The van der Waals surface area contributed by atoms with Gasteiger partial charge in [0.2, 0.25) is 37.2 Å². The first kappa shape index (κ1) is 24.8. The predicted octanol–water partition coefficient (Wildman–Crippen LogP) is -3.85. The molecule has 3 aromatic heterocycles. The lowest BCUT2D eigenvalue weighted by molar-refractivity contribution is -0.885. The third-order valence-electron chi connectivity index (χ3n) is 2.70. The van der Waals surface area contributed by atoms with Gasteiger partial charge >= 0.3 is 0 Å². The zero-order valence-electron chi connectivity index (χ0n) is 16.0. The largest absolute Gasteiger partial charge is 0.907 e. The molecule has 0 N–H and O–H groups in total. The smallest absolute Gasteiger partial charge is 0.222 e. The molecular weight excluding hydrogens is 365 g/mol. The first-order valence-corrected chi connectivity index (χ1v) is 8.03. The first-order chi connectivity index (χ1) is 13.5. The molecule has 150 valence electrons. The highest BCUT2D eigenvalue weighted by Gasteiger charge is 1.89. The fourth-order valence-electron chi connectivity index (χ4n) is 1.51. The van der Waals surface area contributed by atoms with Gasteiger partial charge in [0.1, 0.15) is 21.3 Å². The van der Waals surface area contributed by atoms with Crippen molar-refractivity contribution >= 4 is 7.32 Å². The summed E-state index contributed by atoms with van der Waals surface area (Å²) in [5.74, 6) is 0. The highest BCUT2D eigenvalue weighted by molar-refractivity contribution is 6.24. The zero-order valence-corrected chi connectivity index (χ0v) is 16.0. The van der Waals surface area contributed by atoms with E-state index in [1.165, 1.54) is 0 Å². The molecular formula is C18H24BN3O6. The van der Waals surface area contributed by atoms with Crippen LogP contribution in [0.2, 0.25) is 0 Å². The fraction of sp³-hybridized carbons (Fsp3) is 0.167. The maximum atomic E-state index is 8.42. The Morgan fingerprint density at radius 3 is 0.750 bits per heavy atom. The quantitative estimate of drug-likeness (QED) is 0.335. The van der Waals surface area contributed by atoms with Gasteiger partial charge in [0.15, 0.2) is 0 Å².